The van der Waals surface area contributed by atoms with E-state index >= 15 is 0 Å². The summed E-state index contributed by atoms with van der Waals surface area (Å²) < 4.78 is 11.8. The van der Waals surface area contributed by atoms with Crippen molar-refractivity contribution in [2.45, 2.75) is 57.8 Å². The van der Waals surface area contributed by atoms with Gasteiger partial charge in [0.25, 0.3) is 5.91 Å². The van der Waals surface area contributed by atoms with E-state index in [1.54, 1.807) is 12.3 Å². The molecule has 0 saturated heterocycles. The van der Waals surface area contributed by atoms with E-state index in [1.165, 1.54) is 0 Å². The number of carbonyl (C=O) groups excluding carboxylic acids is 1. The molecule has 2 aliphatic rings. The van der Waals surface area contributed by atoms with Gasteiger partial charge in [-0.3, -0.25) is 4.79 Å². The van der Waals surface area contributed by atoms with Crippen LogP contribution >= 0.6 is 11.6 Å². The van der Waals surface area contributed by atoms with Crippen LogP contribution < -0.4 is 15.0 Å². The van der Waals surface area contributed by atoms with E-state index in [0.29, 0.717) is 41.4 Å². The Hall–Kier alpha value is -2.31. The first kappa shape index (κ1) is 20.9. The van der Waals surface area contributed by atoms with E-state index in [0.717, 1.165) is 31.4 Å². The number of nitrogens with zero attached hydrogens (tertiary/aromatic N) is 2. The molecule has 1 saturated carbocycles. The molecule has 1 amide bonds. The summed E-state index contributed by atoms with van der Waals surface area (Å²) in [5, 5.41) is 3.76. The summed E-state index contributed by atoms with van der Waals surface area (Å²) >= 11 is 6.36. The predicted octanol–water partition coefficient (Wildman–Crippen LogP) is 4.73. The summed E-state index contributed by atoms with van der Waals surface area (Å²) in [5.74, 6) is 1.15. The third-order valence-electron chi connectivity index (χ3n) is 5.56. The van der Waals surface area contributed by atoms with Crippen molar-refractivity contribution < 1.29 is 14.3 Å². The van der Waals surface area contributed by atoms with Crippen LogP contribution in [0.4, 0.5) is 11.5 Å². The molecule has 160 valence electrons. The largest absolute Gasteiger partial charge is 0.489 e. The van der Waals surface area contributed by atoms with Gasteiger partial charge in [-0.15, -0.1) is 0 Å². The van der Waals surface area contributed by atoms with Gasteiger partial charge in [0, 0.05) is 12.2 Å². The Morgan fingerprint density at radius 3 is 2.77 bits per heavy atom. The molecule has 1 aliphatic heterocycles. The molecule has 6 nitrogen and oxygen atoms in total. The van der Waals surface area contributed by atoms with Crippen LogP contribution in [0.5, 0.6) is 5.75 Å². The number of aromatic nitrogens is 1. The number of hydrogen-bond donors (Lipinski definition) is 1. The molecule has 0 bridgehead atoms. The molecule has 1 aromatic carbocycles. The monoisotopic (exact) mass is 429 g/mol. The van der Waals surface area contributed by atoms with E-state index in [-0.39, 0.29) is 18.1 Å². The van der Waals surface area contributed by atoms with Gasteiger partial charge in [0.05, 0.1) is 35.0 Å². The quantitative estimate of drug-likeness (QED) is 0.744. The highest BCUT2D eigenvalue weighted by atomic mass is 35.5. The van der Waals surface area contributed by atoms with Gasteiger partial charge < -0.3 is 19.7 Å². The van der Waals surface area contributed by atoms with Gasteiger partial charge in [-0.25, -0.2) is 4.98 Å². The average Bonchev–Trinajstić information content (AvgIpc) is 2.74. The topological polar surface area (TPSA) is 63.7 Å². The second-order valence-electron chi connectivity index (χ2n) is 8.09. The molecule has 7 heteroatoms. The lowest BCUT2D eigenvalue weighted by Gasteiger charge is -2.33. The molecule has 1 fully saturated rings. The second kappa shape index (κ2) is 9.23. The number of benzene rings is 1. The lowest BCUT2D eigenvalue weighted by atomic mass is 9.92. The van der Waals surface area contributed by atoms with Crippen molar-refractivity contribution in [2.75, 3.05) is 18.1 Å². The molecule has 2 heterocycles. The fourth-order valence-corrected chi connectivity index (χ4v) is 4.44. The maximum absolute atomic E-state index is 13.1. The smallest absolute Gasteiger partial charge is 0.255 e. The van der Waals surface area contributed by atoms with Crippen molar-refractivity contribution in [2.24, 2.45) is 0 Å². The summed E-state index contributed by atoms with van der Waals surface area (Å²) in [4.78, 5) is 19.5. The molecular weight excluding hydrogens is 402 g/mol. The van der Waals surface area contributed by atoms with E-state index in [2.05, 4.69) is 24.1 Å². The average molecular weight is 430 g/mol. The number of pyridine rings is 1. The minimum Gasteiger partial charge on any atom is -0.489 e. The molecule has 1 N–H and O–H groups in total. The van der Waals surface area contributed by atoms with Gasteiger partial charge in [0.2, 0.25) is 0 Å². The van der Waals surface area contributed by atoms with Crippen LogP contribution in [0.15, 0.2) is 36.5 Å². The second-order valence-corrected chi connectivity index (χ2v) is 8.50. The number of ether oxygens (including phenoxy) is 2. The van der Waals surface area contributed by atoms with E-state index in [9.17, 15) is 4.79 Å². The summed E-state index contributed by atoms with van der Waals surface area (Å²) in [6, 6.07) is 9.40. The lowest BCUT2D eigenvalue weighted by Crippen LogP contribution is -2.40. The van der Waals surface area contributed by atoms with Crippen LogP contribution in [0, 0.1) is 0 Å². The molecular formula is C23H28ClN3O3. The zero-order valence-corrected chi connectivity index (χ0v) is 18.2. The first-order valence-electron chi connectivity index (χ1n) is 10.6. The highest BCUT2D eigenvalue weighted by Gasteiger charge is 2.29. The number of amides is 1. The Balaban J connectivity index is 1.49. The number of para-hydroxylation sites is 1. The molecule has 1 aliphatic carbocycles. The minimum absolute atomic E-state index is 0.103. The fourth-order valence-electron chi connectivity index (χ4n) is 4.21. The highest BCUT2D eigenvalue weighted by Crippen LogP contribution is 2.40. The SMILES string of the molecule is CC(C)O[C@H]1CC[C@H](NC(=O)c2cccc3c2OCCN3c2ncccc2Cl)CC1. The zero-order chi connectivity index (χ0) is 21.1. The number of hydrogen-bond acceptors (Lipinski definition) is 5. The van der Waals surface area contributed by atoms with Gasteiger partial charge in [-0.2, -0.15) is 0 Å². The first-order valence-corrected chi connectivity index (χ1v) is 11.0. The summed E-state index contributed by atoms with van der Waals surface area (Å²) in [6.45, 7) is 5.21. The minimum atomic E-state index is -0.103. The Labute approximate surface area is 182 Å². The van der Waals surface area contributed by atoms with Gasteiger partial charge >= 0.3 is 0 Å². The van der Waals surface area contributed by atoms with Crippen molar-refractivity contribution >= 4 is 29.0 Å². The number of rotatable bonds is 5. The zero-order valence-electron chi connectivity index (χ0n) is 17.4. The van der Waals surface area contributed by atoms with Crippen LogP contribution in [0.25, 0.3) is 0 Å². The first-order chi connectivity index (χ1) is 14.5. The molecule has 0 atom stereocenters. The third kappa shape index (κ3) is 4.55. The van der Waals surface area contributed by atoms with Crippen molar-refractivity contribution in [1.82, 2.24) is 10.3 Å². The maximum Gasteiger partial charge on any atom is 0.255 e. The summed E-state index contributed by atoms with van der Waals surface area (Å²) in [6.07, 6.45) is 6.04. The van der Waals surface area contributed by atoms with Gasteiger partial charge in [-0.05, 0) is 63.8 Å². The van der Waals surface area contributed by atoms with E-state index in [4.69, 9.17) is 21.1 Å². The molecule has 30 heavy (non-hydrogen) atoms. The normalized spacial score (nSPS) is 21.1. The highest BCUT2D eigenvalue weighted by molar-refractivity contribution is 6.33. The van der Waals surface area contributed by atoms with Gasteiger partial charge in [-0.1, -0.05) is 17.7 Å². The molecule has 0 spiro atoms. The van der Waals surface area contributed by atoms with Crippen LogP contribution in [0.3, 0.4) is 0 Å². The number of halogens is 1. The molecule has 4 rings (SSSR count). The summed E-state index contributed by atoms with van der Waals surface area (Å²) in [5.41, 5.74) is 1.35. The Bertz CT molecular complexity index is 897. The lowest BCUT2D eigenvalue weighted by molar-refractivity contribution is -0.0159. The predicted molar refractivity (Wildman–Crippen MR) is 118 cm³/mol. The van der Waals surface area contributed by atoms with Crippen LogP contribution in [-0.2, 0) is 4.74 Å². The van der Waals surface area contributed by atoms with E-state index < -0.39 is 0 Å². The number of fused-ring (bicyclic) bond motifs is 1. The van der Waals surface area contributed by atoms with Crippen molar-refractivity contribution in [3.8, 4) is 5.75 Å². The number of carbonyl (C=O) groups is 1. The van der Waals surface area contributed by atoms with Crippen molar-refractivity contribution in [3.05, 3.63) is 47.1 Å². The van der Waals surface area contributed by atoms with Crippen molar-refractivity contribution in [1.29, 1.82) is 0 Å². The molecule has 0 unspecified atom stereocenters. The summed E-state index contributed by atoms with van der Waals surface area (Å²) in [7, 11) is 0. The number of anilines is 2. The Kier molecular flexibility index (Phi) is 6.44. The molecule has 0 radical (unpaired) electrons. The van der Waals surface area contributed by atoms with Gasteiger partial charge in [0.15, 0.2) is 11.6 Å². The van der Waals surface area contributed by atoms with Crippen LogP contribution in [0.1, 0.15) is 49.9 Å². The van der Waals surface area contributed by atoms with Crippen molar-refractivity contribution in [3.63, 3.8) is 0 Å². The van der Waals surface area contributed by atoms with Gasteiger partial charge in [0.1, 0.15) is 6.61 Å². The Morgan fingerprint density at radius 1 is 1.23 bits per heavy atom. The molecule has 2 aromatic rings. The van der Waals surface area contributed by atoms with Crippen LogP contribution in [-0.4, -0.2) is 42.3 Å². The standard InChI is InChI=1S/C23H28ClN3O3/c1-15(2)30-17-10-8-16(9-11-17)26-23(28)18-5-3-7-20-21(18)29-14-13-27(20)22-19(24)6-4-12-25-22/h3-7,12,15-17H,8-11,13-14H2,1-2H3,(H,26,28)/t16-,17-. The van der Waals surface area contributed by atoms with Crippen LogP contribution in [0.2, 0.25) is 5.02 Å². The Morgan fingerprint density at radius 2 is 2.03 bits per heavy atom. The fraction of sp³-hybridized carbons (Fsp3) is 0.478. The molecule has 1 aromatic heterocycles. The third-order valence-corrected chi connectivity index (χ3v) is 5.85. The maximum atomic E-state index is 13.1. The number of nitrogens with one attached hydrogen (secondary N) is 1. The van der Waals surface area contributed by atoms with E-state index in [1.807, 2.05) is 29.2 Å².